The third-order valence-electron chi connectivity index (χ3n) is 4.00. The number of carbonyl (C=O) groups is 1. The molecule has 0 saturated carbocycles. The molecule has 0 radical (unpaired) electrons. The first-order valence-electron chi connectivity index (χ1n) is 7.45. The summed E-state index contributed by atoms with van der Waals surface area (Å²) in [6.07, 6.45) is 2.00. The van der Waals surface area contributed by atoms with Crippen molar-refractivity contribution >= 4 is 17.6 Å². The van der Waals surface area contributed by atoms with Gasteiger partial charge in [0, 0.05) is 44.3 Å². The summed E-state index contributed by atoms with van der Waals surface area (Å²) < 4.78 is 0. The number of hydrogen-bond acceptors (Lipinski definition) is 2. The fraction of sp³-hybridized carbons (Fsp3) is 0.562. The van der Waals surface area contributed by atoms with Crippen molar-refractivity contribution in [1.82, 2.24) is 15.1 Å². The van der Waals surface area contributed by atoms with Gasteiger partial charge in [-0.3, -0.25) is 0 Å². The number of amides is 2. The van der Waals surface area contributed by atoms with Crippen molar-refractivity contribution in [3.8, 4) is 0 Å². The van der Waals surface area contributed by atoms with Crippen LogP contribution in [0.1, 0.15) is 31.4 Å². The maximum Gasteiger partial charge on any atom is 0.319 e. The van der Waals surface area contributed by atoms with Gasteiger partial charge in [0.2, 0.25) is 0 Å². The first kappa shape index (κ1) is 16.1. The van der Waals surface area contributed by atoms with Gasteiger partial charge in [0.15, 0.2) is 0 Å². The van der Waals surface area contributed by atoms with E-state index in [-0.39, 0.29) is 6.03 Å². The lowest BCUT2D eigenvalue weighted by Gasteiger charge is -2.35. The molecule has 1 N–H and O–H groups in total. The Morgan fingerprint density at radius 2 is 1.86 bits per heavy atom. The fourth-order valence-electron chi connectivity index (χ4n) is 2.72. The number of halogens is 1. The number of nitrogens with one attached hydrogen (secondary N) is 1. The Bertz CT molecular complexity index is 467. The van der Waals surface area contributed by atoms with Crippen molar-refractivity contribution in [2.24, 2.45) is 0 Å². The van der Waals surface area contributed by atoms with Crippen LogP contribution >= 0.6 is 11.6 Å². The molecule has 0 bridgehead atoms. The number of piperidine rings is 1. The third-order valence-corrected chi connectivity index (χ3v) is 4.26. The summed E-state index contributed by atoms with van der Waals surface area (Å²) in [6, 6.07) is 8.83. The molecule has 1 aliphatic heterocycles. The minimum absolute atomic E-state index is 0.110. The van der Waals surface area contributed by atoms with E-state index in [0.29, 0.717) is 12.1 Å². The van der Waals surface area contributed by atoms with Crippen molar-refractivity contribution in [3.05, 3.63) is 34.9 Å². The maximum atomic E-state index is 11.9. The fourth-order valence-corrected chi connectivity index (χ4v) is 2.85. The predicted molar refractivity (Wildman–Crippen MR) is 86.7 cm³/mol. The number of carbonyl (C=O) groups excluding carboxylic acids is 1. The number of urea groups is 1. The highest BCUT2D eigenvalue weighted by molar-refractivity contribution is 6.30. The largest absolute Gasteiger partial charge is 0.331 e. The third kappa shape index (κ3) is 4.35. The molecule has 1 saturated heterocycles. The van der Waals surface area contributed by atoms with Crippen molar-refractivity contribution in [2.75, 3.05) is 27.2 Å². The molecule has 5 heteroatoms. The van der Waals surface area contributed by atoms with Gasteiger partial charge in [-0.15, -0.1) is 0 Å². The second-order valence-electron chi connectivity index (χ2n) is 5.88. The van der Waals surface area contributed by atoms with Crippen molar-refractivity contribution in [1.29, 1.82) is 0 Å². The van der Waals surface area contributed by atoms with Gasteiger partial charge in [-0.05, 0) is 37.5 Å². The van der Waals surface area contributed by atoms with Gasteiger partial charge < -0.3 is 15.1 Å². The zero-order chi connectivity index (χ0) is 15.4. The van der Waals surface area contributed by atoms with E-state index in [4.69, 9.17) is 11.6 Å². The van der Waals surface area contributed by atoms with Crippen LogP contribution in [-0.2, 0) is 0 Å². The van der Waals surface area contributed by atoms with Crippen LogP contribution in [0.5, 0.6) is 0 Å². The van der Waals surface area contributed by atoms with Crippen LogP contribution in [0.2, 0.25) is 5.02 Å². The molecule has 2 rings (SSSR count). The Morgan fingerprint density at radius 3 is 2.38 bits per heavy atom. The molecular weight excluding hydrogens is 286 g/mol. The molecule has 1 atom stereocenters. The lowest BCUT2D eigenvalue weighted by molar-refractivity contribution is 0.151. The van der Waals surface area contributed by atoms with Crippen molar-refractivity contribution in [2.45, 2.75) is 31.8 Å². The molecule has 2 amide bonds. The van der Waals surface area contributed by atoms with Crippen molar-refractivity contribution in [3.63, 3.8) is 0 Å². The Kier molecular flexibility index (Phi) is 5.48. The highest BCUT2D eigenvalue weighted by Crippen LogP contribution is 2.19. The Labute approximate surface area is 132 Å². The molecule has 21 heavy (non-hydrogen) atoms. The monoisotopic (exact) mass is 309 g/mol. The van der Waals surface area contributed by atoms with Crippen LogP contribution in [0.25, 0.3) is 0 Å². The van der Waals surface area contributed by atoms with Gasteiger partial charge in [0.05, 0.1) is 0 Å². The topological polar surface area (TPSA) is 35.6 Å². The first-order chi connectivity index (χ1) is 9.97. The second-order valence-corrected chi connectivity index (χ2v) is 6.31. The van der Waals surface area contributed by atoms with E-state index < -0.39 is 0 Å². The molecule has 1 aromatic carbocycles. The number of likely N-dealkylation sites (tertiary alicyclic amines) is 1. The quantitative estimate of drug-likeness (QED) is 0.931. The lowest BCUT2D eigenvalue weighted by Crippen LogP contribution is -2.48. The summed E-state index contributed by atoms with van der Waals surface area (Å²) in [6.45, 7) is 3.81. The summed E-state index contributed by atoms with van der Waals surface area (Å²) in [7, 11) is 3.60. The van der Waals surface area contributed by atoms with E-state index in [2.05, 4.69) is 24.4 Å². The Morgan fingerprint density at radius 1 is 1.29 bits per heavy atom. The van der Waals surface area contributed by atoms with Gasteiger partial charge in [-0.1, -0.05) is 23.7 Å². The molecule has 4 nitrogen and oxygen atoms in total. The summed E-state index contributed by atoms with van der Waals surface area (Å²) in [4.78, 5) is 15.5. The molecule has 1 aromatic rings. The minimum Gasteiger partial charge on any atom is -0.331 e. The molecule has 0 unspecified atom stereocenters. The Balaban J connectivity index is 1.83. The van der Waals surface area contributed by atoms with E-state index in [1.807, 2.05) is 17.0 Å². The highest BCUT2D eigenvalue weighted by atomic mass is 35.5. The van der Waals surface area contributed by atoms with E-state index >= 15 is 0 Å². The van der Waals surface area contributed by atoms with Gasteiger partial charge in [0.1, 0.15) is 0 Å². The highest BCUT2D eigenvalue weighted by Gasteiger charge is 2.24. The van der Waals surface area contributed by atoms with Gasteiger partial charge in [0.25, 0.3) is 0 Å². The van der Waals surface area contributed by atoms with Gasteiger partial charge in [-0.2, -0.15) is 0 Å². The number of benzene rings is 1. The average Bonchev–Trinajstić information content (AvgIpc) is 2.47. The summed E-state index contributed by atoms with van der Waals surface area (Å²) in [5, 5.41) is 4.41. The number of rotatable bonds is 3. The first-order valence-corrected chi connectivity index (χ1v) is 7.83. The molecule has 0 aliphatic carbocycles. The van der Waals surface area contributed by atoms with Crippen LogP contribution in [0, 0.1) is 0 Å². The number of hydrogen-bond donors (Lipinski definition) is 1. The molecule has 0 spiro atoms. The second kappa shape index (κ2) is 7.14. The molecule has 1 heterocycles. The van der Waals surface area contributed by atoms with E-state index in [9.17, 15) is 4.79 Å². The summed E-state index contributed by atoms with van der Waals surface area (Å²) >= 11 is 5.92. The van der Waals surface area contributed by atoms with Crippen LogP contribution in [-0.4, -0.2) is 49.1 Å². The van der Waals surface area contributed by atoms with Crippen LogP contribution in [0.15, 0.2) is 24.3 Å². The summed E-state index contributed by atoms with van der Waals surface area (Å²) in [5.41, 5.74) is 1.24. The SMILES string of the molecule is C[C@@H](NC1CCN(C(=O)N(C)C)CC1)c1ccc(Cl)cc1. The molecule has 1 aliphatic rings. The van der Waals surface area contributed by atoms with E-state index in [0.717, 1.165) is 31.0 Å². The molecular formula is C16H24ClN3O. The smallest absolute Gasteiger partial charge is 0.319 e. The van der Waals surface area contributed by atoms with Crippen LogP contribution in [0.4, 0.5) is 4.79 Å². The van der Waals surface area contributed by atoms with Crippen LogP contribution in [0.3, 0.4) is 0 Å². The maximum absolute atomic E-state index is 11.9. The van der Waals surface area contributed by atoms with E-state index in [1.165, 1.54) is 5.56 Å². The minimum atomic E-state index is 0.110. The zero-order valence-electron chi connectivity index (χ0n) is 13.0. The predicted octanol–water partition coefficient (Wildman–Crippen LogP) is 3.14. The molecule has 116 valence electrons. The van der Waals surface area contributed by atoms with E-state index in [1.54, 1.807) is 19.0 Å². The number of nitrogens with zero attached hydrogens (tertiary/aromatic N) is 2. The molecule has 0 aromatic heterocycles. The average molecular weight is 310 g/mol. The lowest BCUT2D eigenvalue weighted by atomic mass is 10.0. The molecule has 1 fully saturated rings. The Hall–Kier alpha value is -1.26. The van der Waals surface area contributed by atoms with Crippen LogP contribution < -0.4 is 5.32 Å². The normalized spacial score (nSPS) is 17.6. The standard InChI is InChI=1S/C16H24ClN3O/c1-12(13-4-6-14(17)7-5-13)18-15-8-10-20(11-9-15)16(21)19(2)3/h4-7,12,15,18H,8-11H2,1-3H3/t12-/m1/s1. The van der Waals surface area contributed by atoms with Gasteiger partial charge in [-0.25, -0.2) is 4.79 Å². The zero-order valence-corrected chi connectivity index (χ0v) is 13.7. The van der Waals surface area contributed by atoms with Gasteiger partial charge >= 0.3 is 6.03 Å². The van der Waals surface area contributed by atoms with Crippen molar-refractivity contribution < 1.29 is 4.79 Å². The summed E-state index contributed by atoms with van der Waals surface area (Å²) in [5.74, 6) is 0.